The van der Waals surface area contributed by atoms with Gasteiger partial charge in [0.2, 0.25) is 0 Å². The highest BCUT2D eigenvalue weighted by molar-refractivity contribution is 5.24. The molecular formula is C30H50O2. The number of aliphatic hydroxyl groups excluding tert-OH is 2. The van der Waals surface area contributed by atoms with Crippen molar-refractivity contribution in [2.75, 3.05) is 0 Å². The summed E-state index contributed by atoms with van der Waals surface area (Å²) in [5.41, 5.74) is 2.37. The lowest BCUT2D eigenvalue weighted by atomic mass is 9.31. The minimum Gasteiger partial charge on any atom is -0.393 e. The Balaban J connectivity index is 1.57. The van der Waals surface area contributed by atoms with Gasteiger partial charge in [0.15, 0.2) is 0 Å². The summed E-state index contributed by atoms with van der Waals surface area (Å²) >= 11 is 0. The molecule has 0 bridgehead atoms. The van der Waals surface area contributed by atoms with Crippen molar-refractivity contribution < 1.29 is 10.2 Å². The molecule has 0 radical (unpaired) electrons. The number of allylic oxidation sites excluding steroid dienone is 2. The summed E-state index contributed by atoms with van der Waals surface area (Å²) in [4.78, 5) is 0. The highest BCUT2D eigenvalue weighted by Gasteiger charge is 2.70. The zero-order valence-corrected chi connectivity index (χ0v) is 22.2. The number of hydrogen-bond acceptors (Lipinski definition) is 2. The van der Waals surface area contributed by atoms with Crippen molar-refractivity contribution in [3.8, 4) is 0 Å². The highest BCUT2D eigenvalue weighted by atomic mass is 16.3. The predicted octanol–water partition coefficient (Wildman–Crippen LogP) is 7.00. The smallest absolute Gasteiger partial charge is 0.0605 e. The average molecular weight is 443 g/mol. The van der Waals surface area contributed by atoms with Crippen LogP contribution in [0, 0.1) is 56.7 Å². The van der Waals surface area contributed by atoms with Gasteiger partial charge in [0.05, 0.1) is 12.2 Å². The summed E-state index contributed by atoms with van der Waals surface area (Å²) in [5.74, 6) is 3.18. The van der Waals surface area contributed by atoms with Crippen LogP contribution < -0.4 is 0 Å². The van der Waals surface area contributed by atoms with E-state index in [9.17, 15) is 10.2 Å². The van der Waals surface area contributed by atoms with E-state index in [4.69, 9.17) is 0 Å². The second-order valence-corrected chi connectivity index (χ2v) is 14.7. The van der Waals surface area contributed by atoms with Crippen LogP contribution in [0.3, 0.4) is 0 Å². The van der Waals surface area contributed by atoms with Crippen LogP contribution >= 0.6 is 0 Å². The van der Waals surface area contributed by atoms with Crippen molar-refractivity contribution in [1.29, 1.82) is 0 Å². The Hall–Kier alpha value is -0.340. The minimum atomic E-state index is -0.203. The van der Waals surface area contributed by atoms with Crippen molar-refractivity contribution in [1.82, 2.24) is 0 Å². The van der Waals surface area contributed by atoms with Crippen LogP contribution in [0.15, 0.2) is 11.6 Å². The Kier molecular flexibility index (Phi) is 5.02. The van der Waals surface area contributed by atoms with Crippen LogP contribution in [0.4, 0.5) is 0 Å². The molecule has 0 aromatic carbocycles. The summed E-state index contributed by atoms with van der Waals surface area (Å²) in [6.07, 6.45) is 11.4. The standard InChI is InChI=1S/C30H50O2/c1-18-11-14-28(6)24(32)17-30(8)20(25(28)19(18)2)9-10-22-27(5)15-13-23(31)26(3,4)21(27)12-16-29(22,30)7/h11,19-25,31-32H,9-10,12-17H2,1-8H3/t19-,20-,21+,22?,23+,24+,25-,27+,28-,29-,30-/m1/s1. The summed E-state index contributed by atoms with van der Waals surface area (Å²) < 4.78 is 0. The second-order valence-electron chi connectivity index (χ2n) is 14.7. The van der Waals surface area contributed by atoms with E-state index in [2.05, 4.69) is 61.5 Å². The third-order valence-corrected chi connectivity index (χ3v) is 13.6. The molecule has 2 N–H and O–H groups in total. The number of hydrogen-bond donors (Lipinski definition) is 2. The van der Waals surface area contributed by atoms with Gasteiger partial charge in [-0.1, -0.05) is 60.1 Å². The largest absolute Gasteiger partial charge is 0.393 e. The normalized spacial score (nSPS) is 59.2. The summed E-state index contributed by atoms with van der Waals surface area (Å²) in [7, 11) is 0. The van der Waals surface area contributed by atoms with Crippen LogP contribution in [0.1, 0.15) is 107 Å². The summed E-state index contributed by atoms with van der Waals surface area (Å²) in [6.45, 7) is 19.7. The van der Waals surface area contributed by atoms with Gasteiger partial charge in [-0.25, -0.2) is 0 Å². The predicted molar refractivity (Wildman–Crippen MR) is 132 cm³/mol. The van der Waals surface area contributed by atoms with Gasteiger partial charge in [0, 0.05) is 5.41 Å². The van der Waals surface area contributed by atoms with Crippen molar-refractivity contribution in [3.63, 3.8) is 0 Å². The number of fused-ring (bicyclic) bond motifs is 7. The second kappa shape index (κ2) is 6.87. The first-order valence-electron chi connectivity index (χ1n) is 13.8. The van der Waals surface area contributed by atoms with Crippen LogP contribution in [0.25, 0.3) is 0 Å². The maximum absolute atomic E-state index is 11.7. The Morgan fingerprint density at radius 1 is 0.781 bits per heavy atom. The Labute approximate surface area is 197 Å². The van der Waals surface area contributed by atoms with Crippen molar-refractivity contribution in [2.45, 2.75) is 119 Å². The van der Waals surface area contributed by atoms with E-state index in [0.717, 1.165) is 19.3 Å². The van der Waals surface area contributed by atoms with E-state index < -0.39 is 0 Å². The van der Waals surface area contributed by atoms with E-state index in [1.807, 2.05) is 0 Å². The third-order valence-electron chi connectivity index (χ3n) is 13.6. The van der Waals surface area contributed by atoms with E-state index in [-0.39, 0.29) is 33.9 Å². The SMILES string of the molecule is CC1=CC[C@@]2(C)[C@H]([C@@H]1C)[C@H]1CCC3[C@@]4(C)CC[C@H](O)C(C)(C)[C@@H]4CC[C@@]3(C)[C@]1(C)C[C@@H]2O. The molecule has 0 aromatic heterocycles. The minimum absolute atomic E-state index is 0.0104. The van der Waals surface area contributed by atoms with E-state index >= 15 is 0 Å². The Morgan fingerprint density at radius 3 is 2.16 bits per heavy atom. The first-order chi connectivity index (χ1) is 14.7. The fourth-order valence-corrected chi connectivity index (χ4v) is 11.3. The molecular weight excluding hydrogens is 392 g/mol. The van der Waals surface area contributed by atoms with Gasteiger partial charge >= 0.3 is 0 Å². The van der Waals surface area contributed by atoms with E-state index in [1.165, 1.54) is 32.1 Å². The van der Waals surface area contributed by atoms with Gasteiger partial charge in [0.1, 0.15) is 0 Å². The molecule has 5 aliphatic rings. The summed E-state index contributed by atoms with van der Waals surface area (Å²) in [5, 5.41) is 22.6. The maximum atomic E-state index is 11.7. The monoisotopic (exact) mass is 442 g/mol. The average Bonchev–Trinajstić information content (AvgIpc) is 2.70. The fraction of sp³-hybridized carbons (Fsp3) is 0.933. The van der Waals surface area contributed by atoms with Crippen LogP contribution in [-0.2, 0) is 0 Å². The molecule has 0 saturated heterocycles. The lowest BCUT2D eigenvalue weighted by Crippen LogP contribution is -2.69. The zero-order chi connectivity index (χ0) is 23.5. The van der Waals surface area contributed by atoms with Crippen molar-refractivity contribution in [2.24, 2.45) is 56.7 Å². The van der Waals surface area contributed by atoms with E-state index in [0.29, 0.717) is 35.0 Å². The van der Waals surface area contributed by atoms with Gasteiger partial charge < -0.3 is 10.2 Å². The molecule has 0 spiro atoms. The molecule has 5 aliphatic carbocycles. The quantitative estimate of drug-likeness (QED) is 0.397. The molecule has 4 saturated carbocycles. The molecule has 4 fully saturated rings. The molecule has 0 amide bonds. The van der Waals surface area contributed by atoms with Gasteiger partial charge in [-0.2, -0.15) is 0 Å². The first-order valence-corrected chi connectivity index (χ1v) is 13.8. The fourth-order valence-electron chi connectivity index (χ4n) is 11.3. The van der Waals surface area contributed by atoms with Gasteiger partial charge in [-0.3, -0.25) is 0 Å². The lowest BCUT2D eigenvalue weighted by Gasteiger charge is -2.74. The third kappa shape index (κ3) is 2.61. The van der Waals surface area contributed by atoms with Gasteiger partial charge in [-0.15, -0.1) is 0 Å². The number of aliphatic hydroxyl groups is 2. The van der Waals surface area contributed by atoms with Crippen molar-refractivity contribution in [3.05, 3.63) is 11.6 Å². The zero-order valence-electron chi connectivity index (χ0n) is 22.2. The molecule has 0 aliphatic heterocycles. The number of rotatable bonds is 0. The molecule has 2 heteroatoms. The lowest BCUT2D eigenvalue weighted by molar-refractivity contribution is -0.267. The van der Waals surface area contributed by atoms with Gasteiger partial charge in [-0.05, 0) is 110 Å². The van der Waals surface area contributed by atoms with Crippen molar-refractivity contribution >= 4 is 0 Å². The van der Waals surface area contributed by atoms with E-state index in [1.54, 1.807) is 5.57 Å². The highest BCUT2D eigenvalue weighted by Crippen LogP contribution is 2.76. The molecule has 2 nitrogen and oxygen atoms in total. The molecule has 11 atom stereocenters. The van der Waals surface area contributed by atoms with Crippen LogP contribution in [0.2, 0.25) is 0 Å². The first kappa shape index (κ1) is 23.4. The molecule has 0 heterocycles. The topological polar surface area (TPSA) is 40.5 Å². The van der Waals surface area contributed by atoms with Crippen LogP contribution in [0.5, 0.6) is 0 Å². The van der Waals surface area contributed by atoms with Gasteiger partial charge in [0.25, 0.3) is 0 Å². The molecule has 0 aromatic rings. The molecule has 1 unspecified atom stereocenters. The summed E-state index contributed by atoms with van der Waals surface area (Å²) in [6, 6.07) is 0. The Bertz CT molecular complexity index is 814. The maximum Gasteiger partial charge on any atom is 0.0605 e. The van der Waals surface area contributed by atoms with Crippen LogP contribution in [-0.4, -0.2) is 22.4 Å². The Morgan fingerprint density at radius 2 is 1.47 bits per heavy atom. The molecule has 5 rings (SSSR count). The molecule has 182 valence electrons. The molecule has 32 heavy (non-hydrogen) atoms.